The van der Waals surface area contributed by atoms with Crippen LogP contribution in [0.4, 0.5) is 0 Å². The van der Waals surface area contributed by atoms with Crippen molar-refractivity contribution in [2.75, 3.05) is 0 Å². The highest BCUT2D eigenvalue weighted by Crippen LogP contribution is 2.25. The fraction of sp³-hybridized carbons (Fsp3) is 0.211. The van der Waals surface area contributed by atoms with Gasteiger partial charge >= 0.3 is 0 Å². The summed E-state index contributed by atoms with van der Waals surface area (Å²) in [5.74, 6) is 0.0461. The van der Waals surface area contributed by atoms with Crippen molar-refractivity contribution in [3.63, 3.8) is 0 Å². The zero-order valence-electron chi connectivity index (χ0n) is 13.1. The van der Waals surface area contributed by atoms with Crippen LogP contribution in [0.3, 0.4) is 0 Å². The quantitative estimate of drug-likeness (QED) is 0.750. The number of fused-ring (bicyclic) bond motifs is 1. The summed E-state index contributed by atoms with van der Waals surface area (Å²) in [6.07, 6.45) is 0.419. The van der Waals surface area contributed by atoms with Crippen LogP contribution in [0.2, 0.25) is 0 Å². The number of carbonyl (C=O) groups is 1. The molecule has 0 aliphatic rings. The average Bonchev–Trinajstić information content (AvgIpc) is 2.96. The Morgan fingerprint density at radius 2 is 1.91 bits per heavy atom. The molecule has 0 spiro atoms. The van der Waals surface area contributed by atoms with Crippen molar-refractivity contribution in [3.05, 3.63) is 70.6 Å². The van der Waals surface area contributed by atoms with Crippen LogP contribution in [-0.4, -0.2) is 5.91 Å². The fourth-order valence-corrected chi connectivity index (χ4v) is 3.51. The van der Waals surface area contributed by atoms with Gasteiger partial charge in [0, 0.05) is 17.3 Å². The first-order valence-corrected chi connectivity index (χ1v) is 8.57. The predicted octanol–water partition coefficient (Wildman–Crippen LogP) is 3.78. The number of rotatable bonds is 5. The van der Waals surface area contributed by atoms with Gasteiger partial charge in [-0.05, 0) is 40.4 Å². The van der Waals surface area contributed by atoms with Gasteiger partial charge in [-0.25, -0.2) is 0 Å². The molecule has 3 aromatic rings. The minimum Gasteiger partial charge on any atom is -0.352 e. The molecule has 2 aromatic carbocycles. The molecule has 0 saturated carbocycles. The van der Waals surface area contributed by atoms with Crippen molar-refractivity contribution >= 4 is 27.3 Å². The van der Waals surface area contributed by atoms with Gasteiger partial charge in [-0.1, -0.05) is 42.5 Å². The highest BCUT2D eigenvalue weighted by molar-refractivity contribution is 7.17. The van der Waals surface area contributed by atoms with Crippen LogP contribution in [0.5, 0.6) is 0 Å². The second-order valence-corrected chi connectivity index (χ2v) is 6.65. The molecule has 118 valence electrons. The first kappa shape index (κ1) is 15.7. The molecule has 3 N–H and O–H groups in total. The third-order valence-electron chi connectivity index (χ3n) is 3.91. The minimum atomic E-state index is 0.0329. The molecule has 0 fully saturated rings. The number of thiophene rings is 1. The van der Waals surface area contributed by atoms with E-state index in [2.05, 4.69) is 22.8 Å². The summed E-state index contributed by atoms with van der Waals surface area (Å²) in [5.41, 5.74) is 9.11. The molecule has 3 nitrogen and oxygen atoms in total. The van der Waals surface area contributed by atoms with Gasteiger partial charge < -0.3 is 11.1 Å². The van der Waals surface area contributed by atoms with Crippen molar-refractivity contribution in [3.8, 4) is 0 Å². The number of carbonyl (C=O) groups excluding carboxylic acids is 1. The molecule has 1 aromatic heterocycles. The van der Waals surface area contributed by atoms with Gasteiger partial charge in [0.05, 0.1) is 6.42 Å². The lowest BCUT2D eigenvalue weighted by Gasteiger charge is -2.08. The van der Waals surface area contributed by atoms with Crippen molar-refractivity contribution in [2.45, 2.75) is 25.9 Å². The molecule has 4 heteroatoms. The Morgan fingerprint density at radius 1 is 1.17 bits per heavy atom. The highest BCUT2D eigenvalue weighted by Gasteiger charge is 2.08. The highest BCUT2D eigenvalue weighted by atomic mass is 32.1. The van der Waals surface area contributed by atoms with Gasteiger partial charge in [0.1, 0.15) is 0 Å². The van der Waals surface area contributed by atoms with Crippen LogP contribution >= 0.6 is 11.3 Å². The Morgan fingerprint density at radius 3 is 2.65 bits per heavy atom. The maximum Gasteiger partial charge on any atom is 0.224 e. The second kappa shape index (κ2) is 6.94. The molecule has 0 saturated heterocycles. The Balaban J connectivity index is 1.59. The topological polar surface area (TPSA) is 55.1 Å². The molecule has 0 aliphatic heterocycles. The normalized spacial score (nSPS) is 12.3. The van der Waals surface area contributed by atoms with Crippen LogP contribution in [-0.2, 0) is 17.8 Å². The summed E-state index contributed by atoms with van der Waals surface area (Å²) in [6.45, 7) is 2.50. The van der Waals surface area contributed by atoms with E-state index in [0.717, 1.165) is 16.7 Å². The molecular formula is C19H20N2OS. The smallest absolute Gasteiger partial charge is 0.224 e. The Kier molecular flexibility index (Phi) is 4.74. The van der Waals surface area contributed by atoms with Crippen molar-refractivity contribution in [1.29, 1.82) is 0 Å². The summed E-state index contributed by atoms with van der Waals surface area (Å²) in [7, 11) is 0. The van der Waals surface area contributed by atoms with E-state index in [9.17, 15) is 4.79 Å². The first-order valence-electron chi connectivity index (χ1n) is 7.69. The van der Waals surface area contributed by atoms with Crippen LogP contribution < -0.4 is 11.1 Å². The van der Waals surface area contributed by atoms with Crippen molar-refractivity contribution in [1.82, 2.24) is 5.32 Å². The fourth-order valence-electron chi connectivity index (χ4n) is 2.54. The average molecular weight is 324 g/mol. The molecule has 0 unspecified atom stereocenters. The largest absolute Gasteiger partial charge is 0.352 e. The maximum atomic E-state index is 12.2. The molecule has 1 amide bonds. The predicted molar refractivity (Wildman–Crippen MR) is 96.4 cm³/mol. The third-order valence-corrected chi connectivity index (χ3v) is 4.92. The summed E-state index contributed by atoms with van der Waals surface area (Å²) < 4.78 is 1.22. The summed E-state index contributed by atoms with van der Waals surface area (Å²) in [5, 5.41) is 6.23. The number of hydrogen-bond acceptors (Lipinski definition) is 3. The van der Waals surface area contributed by atoms with Gasteiger partial charge in [-0.3, -0.25) is 4.79 Å². The second-order valence-electron chi connectivity index (χ2n) is 5.74. The Labute approximate surface area is 140 Å². The number of nitrogens with one attached hydrogen (secondary N) is 1. The van der Waals surface area contributed by atoms with E-state index in [0.29, 0.717) is 13.0 Å². The maximum absolute atomic E-state index is 12.2. The number of hydrogen-bond donors (Lipinski definition) is 2. The van der Waals surface area contributed by atoms with E-state index in [1.165, 1.54) is 10.1 Å². The monoisotopic (exact) mass is 324 g/mol. The van der Waals surface area contributed by atoms with E-state index < -0.39 is 0 Å². The van der Waals surface area contributed by atoms with Crippen molar-refractivity contribution in [2.24, 2.45) is 5.73 Å². The van der Waals surface area contributed by atoms with Crippen LogP contribution in [0.1, 0.15) is 29.7 Å². The molecule has 0 radical (unpaired) electrons. The minimum absolute atomic E-state index is 0.0329. The summed E-state index contributed by atoms with van der Waals surface area (Å²) in [4.78, 5) is 12.2. The van der Waals surface area contributed by atoms with Crippen LogP contribution in [0, 0.1) is 0 Å². The van der Waals surface area contributed by atoms with E-state index in [1.54, 1.807) is 11.3 Å². The van der Waals surface area contributed by atoms with Gasteiger partial charge in [0.25, 0.3) is 0 Å². The lowest BCUT2D eigenvalue weighted by molar-refractivity contribution is -0.120. The molecule has 1 heterocycles. The van der Waals surface area contributed by atoms with Crippen molar-refractivity contribution < 1.29 is 4.79 Å². The standard InChI is InChI=1S/C19H20N2OS/c1-13(20)15-8-6-14(7-9-15)11-21-19(22)10-16-12-23-18-5-3-2-4-17(16)18/h2-9,12-13H,10-11,20H2,1H3,(H,21,22)/t13-/m0/s1. The molecule has 3 rings (SSSR count). The van der Waals surface area contributed by atoms with E-state index in [1.807, 2.05) is 43.3 Å². The first-order chi connectivity index (χ1) is 11.1. The van der Waals surface area contributed by atoms with E-state index in [-0.39, 0.29) is 11.9 Å². The lowest BCUT2D eigenvalue weighted by atomic mass is 10.1. The number of amides is 1. The van der Waals surface area contributed by atoms with Gasteiger partial charge in [0.2, 0.25) is 5.91 Å². The zero-order valence-corrected chi connectivity index (χ0v) is 13.9. The summed E-state index contributed by atoms with van der Waals surface area (Å²) in [6, 6.07) is 16.3. The van der Waals surface area contributed by atoms with Gasteiger partial charge in [-0.2, -0.15) is 0 Å². The van der Waals surface area contributed by atoms with E-state index in [4.69, 9.17) is 5.73 Å². The molecule has 0 aliphatic carbocycles. The number of benzene rings is 2. The Hall–Kier alpha value is -2.17. The van der Waals surface area contributed by atoms with Crippen LogP contribution in [0.15, 0.2) is 53.9 Å². The molecular weight excluding hydrogens is 304 g/mol. The van der Waals surface area contributed by atoms with Gasteiger partial charge in [-0.15, -0.1) is 11.3 Å². The number of nitrogens with two attached hydrogens (primary N) is 1. The molecule has 1 atom stereocenters. The summed E-state index contributed by atoms with van der Waals surface area (Å²) >= 11 is 1.68. The molecule has 0 bridgehead atoms. The Bertz CT molecular complexity index is 806. The zero-order chi connectivity index (χ0) is 16.2. The lowest BCUT2D eigenvalue weighted by Crippen LogP contribution is -2.24. The molecule has 23 heavy (non-hydrogen) atoms. The van der Waals surface area contributed by atoms with Gasteiger partial charge in [0.15, 0.2) is 0 Å². The SMILES string of the molecule is C[C@H](N)c1ccc(CNC(=O)Cc2csc3ccccc23)cc1. The third kappa shape index (κ3) is 3.78. The van der Waals surface area contributed by atoms with Crippen LogP contribution in [0.25, 0.3) is 10.1 Å². The van der Waals surface area contributed by atoms with E-state index >= 15 is 0 Å².